The second-order valence-corrected chi connectivity index (χ2v) is 7.46. The van der Waals surface area contributed by atoms with Gasteiger partial charge in [0.25, 0.3) is 0 Å². The van der Waals surface area contributed by atoms with Gasteiger partial charge in [-0.25, -0.2) is 9.97 Å². The average molecular weight is 344 g/mol. The molecule has 0 unspecified atom stereocenters. The van der Waals surface area contributed by atoms with Crippen molar-refractivity contribution in [3.63, 3.8) is 0 Å². The molecule has 1 N–H and O–H groups in total. The van der Waals surface area contributed by atoms with Crippen LogP contribution in [-0.2, 0) is 5.60 Å². The van der Waals surface area contributed by atoms with Gasteiger partial charge in [0, 0.05) is 35.8 Å². The number of halogens is 1. The number of aliphatic hydroxyl groups is 1. The molecule has 2 fully saturated rings. The second-order valence-electron chi connectivity index (χ2n) is 7.03. The Balaban J connectivity index is 1.50. The topological polar surface area (TPSA) is 49.2 Å². The van der Waals surface area contributed by atoms with Crippen molar-refractivity contribution in [3.8, 4) is 0 Å². The average Bonchev–Trinajstić information content (AvgIpc) is 3.40. The number of hydrogen-bond acceptors (Lipinski definition) is 4. The summed E-state index contributed by atoms with van der Waals surface area (Å²) in [6.45, 7) is 3.62. The zero-order chi connectivity index (χ0) is 16.7. The molecule has 1 aromatic heterocycles. The van der Waals surface area contributed by atoms with E-state index < -0.39 is 5.60 Å². The van der Waals surface area contributed by atoms with Crippen molar-refractivity contribution in [2.24, 2.45) is 0 Å². The van der Waals surface area contributed by atoms with Crippen LogP contribution in [-0.4, -0.2) is 28.2 Å². The van der Waals surface area contributed by atoms with E-state index in [1.165, 1.54) is 12.8 Å². The van der Waals surface area contributed by atoms with E-state index in [0.717, 1.165) is 36.0 Å². The van der Waals surface area contributed by atoms with E-state index in [2.05, 4.69) is 16.0 Å². The standard InChI is InChI=1S/C19H22ClN3O/c1-13-12-17(22-18(21-13)14-2-3-14)23-10-8-19(24,9-11-23)15-4-6-16(20)7-5-15/h4-7,12,14,24H,2-3,8-11H2,1H3. The molecule has 0 spiro atoms. The molecule has 24 heavy (non-hydrogen) atoms. The Labute approximate surface area is 147 Å². The largest absolute Gasteiger partial charge is 0.385 e. The molecule has 1 saturated heterocycles. The van der Waals surface area contributed by atoms with Crippen molar-refractivity contribution in [2.45, 2.75) is 44.1 Å². The fourth-order valence-electron chi connectivity index (χ4n) is 3.42. The smallest absolute Gasteiger partial charge is 0.134 e. The Morgan fingerprint density at radius 2 is 1.79 bits per heavy atom. The molecule has 0 radical (unpaired) electrons. The summed E-state index contributed by atoms with van der Waals surface area (Å²) >= 11 is 5.96. The number of aromatic nitrogens is 2. The first-order valence-electron chi connectivity index (χ1n) is 8.62. The zero-order valence-electron chi connectivity index (χ0n) is 13.9. The highest BCUT2D eigenvalue weighted by Crippen LogP contribution is 2.39. The molecule has 1 saturated carbocycles. The second kappa shape index (κ2) is 6.01. The number of piperidine rings is 1. The monoisotopic (exact) mass is 343 g/mol. The zero-order valence-corrected chi connectivity index (χ0v) is 14.6. The van der Waals surface area contributed by atoms with Gasteiger partial charge in [-0.2, -0.15) is 0 Å². The molecule has 0 atom stereocenters. The fourth-order valence-corrected chi connectivity index (χ4v) is 3.54. The maximum absolute atomic E-state index is 11.0. The minimum atomic E-state index is -0.775. The van der Waals surface area contributed by atoms with Crippen molar-refractivity contribution in [2.75, 3.05) is 18.0 Å². The maximum atomic E-state index is 11.0. The number of anilines is 1. The van der Waals surface area contributed by atoms with Gasteiger partial charge in [0.05, 0.1) is 5.60 Å². The molecule has 0 amide bonds. The van der Waals surface area contributed by atoms with E-state index in [0.29, 0.717) is 23.8 Å². The van der Waals surface area contributed by atoms with Crippen LogP contribution in [0.25, 0.3) is 0 Å². The summed E-state index contributed by atoms with van der Waals surface area (Å²) in [5.41, 5.74) is 1.20. The molecule has 2 aromatic rings. The molecule has 2 aliphatic rings. The lowest BCUT2D eigenvalue weighted by atomic mass is 9.84. The molecule has 0 bridgehead atoms. The number of nitrogens with zero attached hydrogens (tertiary/aromatic N) is 3. The first kappa shape index (κ1) is 15.9. The quantitative estimate of drug-likeness (QED) is 0.920. The van der Waals surface area contributed by atoms with E-state index in [-0.39, 0.29) is 0 Å². The van der Waals surface area contributed by atoms with E-state index in [1.807, 2.05) is 31.2 Å². The lowest BCUT2D eigenvalue weighted by molar-refractivity contribution is 0.0116. The molecular weight excluding hydrogens is 322 g/mol. The van der Waals surface area contributed by atoms with Gasteiger partial charge >= 0.3 is 0 Å². The molecule has 5 heteroatoms. The molecule has 1 aliphatic carbocycles. The molecule has 1 aromatic carbocycles. The molecule has 1 aliphatic heterocycles. The Bertz CT molecular complexity index is 735. The van der Waals surface area contributed by atoms with Crippen LogP contribution in [0.1, 0.15) is 48.7 Å². The fraction of sp³-hybridized carbons (Fsp3) is 0.474. The maximum Gasteiger partial charge on any atom is 0.134 e. The van der Waals surface area contributed by atoms with Crippen molar-refractivity contribution < 1.29 is 5.11 Å². The highest BCUT2D eigenvalue weighted by molar-refractivity contribution is 6.30. The van der Waals surface area contributed by atoms with Gasteiger partial charge in [-0.05, 0) is 50.3 Å². The summed E-state index contributed by atoms with van der Waals surface area (Å²) < 4.78 is 0. The van der Waals surface area contributed by atoms with Crippen molar-refractivity contribution >= 4 is 17.4 Å². The summed E-state index contributed by atoms with van der Waals surface area (Å²) in [6, 6.07) is 9.60. The van der Waals surface area contributed by atoms with E-state index in [9.17, 15) is 5.11 Å². The predicted molar refractivity (Wildman–Crippen MR) is 95.5 cm³/mol. The number of hydrogen-bond donors (Lipinski definition) is 1. The summed E-state index contributed by atoms with van der Waals surface area (Å²) in [7, 11) is 0. The summed E-state index contributed by atoms with van der Waals surface area (Å²) in [4.78, 5) is 11.6. The van der Waals surface area contributed by atoms with Crippen LogP contribution in [0.2, 0.25) is 5.02 Å². The highest BCUT2D eigenvalue weighted by Gasteiger charge is 2.35. The third-order valence-corrected chi connectivity index (χ3v) is 5.35. The summed E-state index contributed by atoms with van der Waals surface area (Å²) in [5, 5.41) is 11.7. The van der Waals surface area contributed by atoms with E-state index in [1.54, 1.807) is 0 Å². The van der Waals surface area contributed by atoms with Gasteiger partial charge in [-0.3, -0.25) is 0 Å². The lowest BCUT2D eigenvalue weighted by Crippen LogP contribution is -2.43. The number of rotatable bonds is 3. The Morgan fingerprint density at radius 1 is 1.12 bits per heavy atom. The third-order valence-electron chi connectivity index (χ3n) is 5.10. The third kappa shape index (κ3) is 3.13. The molecule has 4 nitrogen and oxygen atoms in total. The Hall–Kier alpha value is -1.65. The minimum absolute atomic E-state index is 0.555. The van der Waals surface area contributed by atoms with Gasteiger partial charge < -0.3 is 10.0 Å². The summed E-state index contributed by atoms with van der Waals surface area (Å²) in [5.74, 6) is 2.55. The highest BCUT2D eigenvalue weighted by atomic mass is 35.5. The molecule has 2 heterocycles. The van der Waals surface area contributed by atoms with Crippen LogP contribution < -0.4 is 4.90 Å². The molecule has 126 valence electrons. The Morgan fingerprint density at radius 3 is 2.42 bits per heavy atom. The van der Waals surface area contributed by atoms with Crippen LogP contribution in [0.5, 0.6) is 0 Å². The van der Waals surface area contributed by atoms with Crippen LogP contribution in [0, 0.1) is 6.92 Å². The van der Waals surface area contributed by atoms with Gasteiger partial charge in [0.2, 0.25) is 0 Å². The van der Waals surface area contributed by atoms with Crippen molar-refractivity contribution in [1.82, 2.24) is 9.97 Å². The normalized spacial score (nSPS) is 20.2. The number of aryl methyl sites for hydroxylation is 1. The van der Waals surface area contributed by atoms with Gasteiger partial charge in [-0.15, -0.1) is 0 Å². The minimum Gasteiger partial charge on any atom is -0.385 e. The SMILES string of the molecule is Cc1cc(N2CCC(O)(c3ccc(Cl)cc3)CC2)nc(C2CC2)n1. The summed E-state index contributed by atoms with van der Waals surface area (Å²) in [6.07, 6.45) is 3.80. The van der Waals surface area contributed by atoms with Crippen LogP contribution in [0.15, 0.2) is 30.3 Å². The van der Waals surface area contributed by atoms with Crippen molar-refractivity contribution in [3.05, 3.63) is 52.4 Å². The van der Waals surface area contributed by atoms with Crippen LogP contribution in [0.4, 0.5) is 5.82 Å². The van der Waals surface area contributed by atoms with Crippen LogP contribution in [0.3, 0.4) is 0 Å². The first-order chi connectivity index (χ1) is 11.5. The van der Waals surface area contributed by atoms with E-state index >= 15 is 0 Å². The van der Waals surface area contributed by atoms with Gasteiger partial charge in [-0.1, -0.05) is 23.7 Å². The molecule has 4 rings (SSSR count). The predicted octanol–water partition coefficient (Wildman–Crippen LogP) is 3.80. The first-order valence-corrected chi connectivity index (χ1v) is 9.00. The Kier molecular flexibility index (Phi) is 3.97. The van der Waals surface area contributed by atoms with Crippen LogP contribution >= 0.6 is 11.6 Å². The van der Waals surface area contributed by atoms with E-state index in [4.69, 9.17) is 16.6 Å². The van der Waals surface area contributed by atoms with Gasteiger partial charge in [0.1, 0.15) is 11.6 Å². The van der Waals surface area contributed by atoms with Crippen molar-refractivity contribution in [1.29, 1.82) is 0 Å². The van der Waals surface area contributed by atoms with Gasteiger partial charge in [0.15, 0.2) is 0 Å². The lowest BCUT2D eigenvalue weighted by Gasteiger charge is -2.39. The number of benzene rings is 1. The molecular formula is C19H22ClN3O.